The van der Waals surface area contributed by atoms with Gasteiger partial charge >= 0.3 is 5.76 Å². The molecule has 0 aliphatic carbocycles. The number of benzene rings is 1. The standard InChI is InChI=1S/C15H14N2O2S/c1-11(12-6-3-2-4-7-12)10-17-15(18)19-14(16-17)13-8-5-9-20-13/h2-9,11H,10H2,1H3/t11-/m0/s1. The second-order valence-electron chi connectivity index (χ2n) is 4.64. The van der Waals surface area contributed by atoms with E-state index in [1.807, 2.05) is 35.7 Å². The molecule has 0 N–H and O–H groups in total. The first-order valence-corrected chi connectivity index (χ1v) is 7.29. The van der Waals surface area contributed by atoms with Crippen LogP contribution in [0, 0.1) is 0 Å². The lowest BCUT2D eigenvalue weighted by Crippen LogP contribution is -2.19. The van der Waals surface area contributed by atoms with E-state index in [0.717, 1.165) is 4.88 Å². The molecule has 0 fully saturated rings. The highest BCUT2D eigenvalue weighted by atomic mass is 32.1. The van der Waals surface area contributed by atoms with E-state index in [1.54, 1.807) is 0 Å². The molecule has 4 nitrogen and oxygen atoms in total. The van der Waals surface area contributed by atoms with Crippen LogP contribution in [0.3, 0.4) is 0 Å². The molecule has 20 heavy (non-hydrogen) atoms. The molecule has 0 aliphatic rings. The molecule has 0 saturated heterocycles. The lowest BCUT2D eigenvalue weighted by molar-refractivity contribution is 0.461. The van der Waals surface area contributed by atoms with Crippen molar-refractivity contribution in [3.63, 3.8) is 0 Å². The Morgan fingerprint density at radius 1 is 1.25 bits per heavy atom. The Hall–Kier alpha value is -2.14. The summed E-state index contributed by atoms with van der Waals surface area (Å²) in [5.74, 6) is 0.191. The summed E-state index contributed by atoms with van der Waals surface area (Å²) in [5, 5.41) is 6.20. The average Bonchev–Trinajstić information content (AvgIpc) is 3.10. The number of rotatable bonds is 4. The fraction of sp³-hybridized carbons (Fsp3) is 0.200. The summed E-state index contributed by atoms with van der Waals surface area (Å²) < 4.78 is 6.60. The molecule has 0 unspecified atom stereocenters. The van der Waals surface area contributed by atoms with Crippen molar-refractivity contribution in [1.82, 2.24) is 9.78 Å². The van der Waals surface area contributed by atoms with Crippen LogP contribution in [0.4, 0.5) is 0 Å². The van der Waals surface area contributed by atoms with Crippen LogP contribution in [0.5, 0.6) is 0 Å². The quantitative estimate of drug-likeness (QED) is 0.739. The van der Waals surface area contributed by atoms with Gasteiger partial charge in [-0.15, -0.1) is 16.4 Å². The molecule has 1 aromatic carbocycles. The third-order valence-corrected chi connectivity index (χ3v) is 4.01. The molecule has 3 rings (SSSR count). The van der Waals surface area contributed by atoms with Crippen molar-refractivity contribution in [3.8, 4) is 10.8 Å². The normalized spacial score (nSPS) is 12.4. The Morgan fingerprint density at radius 3 is 2.75 bits per heavy atom. The molecular weight excluding hydrogens is 272 g/mol. The lowest BCUT2D eigenvalue weighted by Gasteiger charge is -2.09. The van der Waals surface area contributed by atoms with E-state index >= 15 is 0 Å². The van der Waals surface area contributed by atoms with Gasteiger partial charge in [0, 0.05) is 5.92 Å². The smallest absolute Gasteiger partial charge is 0.387 e. The minimum Gasteiger partial charge on any atom is -0.387 e. The first-order valence-electron chi connectivity index (χ1n) is 6.41. The van der Waals surface area contributed by atoms with E-state index in [4.69, 9.17) is 4.42 Å². The predicted molar refractivity (Wildman–Crippen MR) is 78.9 cm³/mol. The minimum atomic E-state index is -0.406. The van der Waals surface area contributed by atoms with Crippen molar-refractivity contribution < 1.29 is 4.42 Å². The van der Waals surface area contributed by atoms with Crippen LogP contribution < -0.4 is 5.76 Å². The van der Waals surface area contributed by atoms with Gasteiger partial charge in [0.15, 0.2) is 0 Å². The van der Waals surface area contributed by atoms with E-state index in [9.17, 15) is 4.79 Å². The van der Waals surface area contributed by atoms with Crippen LogP contribution in [0.25, 0.3) is 10.8 Å². The third kappa shape index (κ3) is 2.58. The monoisotopic (exact) mass is 286 g/mol. The summed E-state index contributed by atoms with van der Waals surface area (Å²) in [5.41, 5.74) is 1.18. The highest BCUT2D eigenvalue weighted by Gasteiger charge is 2.14. The Morgan fingerprint density at radius 2 is 2.05 bits per heavy atom. The van der Waals surface area contributed by atoms with Crippen molar-refractivity contribution in [3.05, 3.63) is 64.0 Å². The summed E-state index contributed by atoms with van der Waals surface area (Å²) >= 11 is 1.50. The van der Waals surface area contributed by atoms with Crippen LogP contribution in [0.15, 0.2) is 57.1 Å². The number of hydrogen-bond donors (Lipinski definition) is 0. The fourth-order valence-electron chi connectivity index (χ4n) is 2.07. The van der Waals surface area contributed by atoms with Gasteiger partial charge in [-0.25, -0.2) is 4.79 Å². The number of nitrogens with zero attached hydrogens (tertiary/aromatic N) is 2. The van der Waals surface area contributed by atoms with Gasteiger partial charge in [-0.2, -0.15) is 4.68 Å². The summed E-state index contributed by atoms with van der Waals surface area (Å²) in [7, 11) is 0. The van der Waals surface area contributed by atoms with Crippen LogP contribution in [-0.2, 0) is 6.54 Å². The highest BCUT2D eigenvalue weighted by Crippen LogP contribution is 2.22. The van der Waals surface area contributed by atoms with Crippen LogP contribution in [0.1, 0.15) is 18.4 Å². The van der Waals surface area contributed by atoms with Crippen molar-refractivity contribution in [1.29, 1.82) is 0 Å². The molecule has 2 heterocycles. The summed E-state index contributed by atoms with van der Waals surface area (Å²) in [6.07, 6.45) is 0. The van der Waals surface area contributed by atoms with Gasteiger partial charge in [-0.05, 0) is 17.0 Å². The minimum absolute atomic E-state index is 0.204. The van der Waals surface area contributed by atoms with Gasteiger partial charge < -0.3 is 4.42 Å². The molecule has 0 radical (unpaired) electrons. The van der Waals surface area contributed by atoms with Gasteiger partial charge in [0.1, 0.15) is 0 Å². The van der Waals surface area contributed by atoms with E-state index in [0.29, 0.717) is 12.4 Å². The van der Waals surface area contributed by atoms with E-state index < -0.39 is 5.76 Å². The SMILES string of the molecule is C[C@@H](Cn1nc(-c2cccs2)oc1=O)c1ccccc1. The Bertz CT molecular complexity index is 729. The number of hydrogen-bond acceptors (Lipinski definition) is 4. The first kappa shape index (κ1) is 12.9. The molecule has 1 atom stereocenters. The molecule has 0 bridgehead atoms. The highest BCUT2D eigenvalue weighted by molar-refractivity contribution is 7.13. The van der Waals surface area contributed by atoms with Gasteiger partial charge in [0.05, 0.1) is 11.4 Å². The molecule has 0 spiro atoms. The Labute approximate surface area is 120 Å². The molecule has 0 amide bonds. The second-order valence-corrected chi connectivity index (χ2v) is 5.59. The van der Waals surface area contributed by atoms with Gasteiger partial charge in [0.2, 0.25) is 0 Å². The molecule has 5 heteroatoms. The average molecular weight is 286 g/mol. The molecule has 2 aromatic heterocycles. The van der Waals surface area contributed by atoms with Gasteiger partial charge in [0.25, 0.3) is 5.89 Å². The summed E-state index contributed by atoms with van der Waals surface area (Å²) in [6, 6.07) is 13.9. The van der Waals surface area contributed by atoms with Crippen molar-refractivity contribution >= 4 is 11.3 Å². The zero-order valence-corrected chi connectivity index (χ0v) is 11.8. The van der Waals surface area contributed by atoms with Crippen molar-refractivity contribution in [2.75, 3.05) is 0 Å². The summed E-state index contributed by atoms with van der Waals surface area (Å²) in [6.45, 7) is 2.58. The van der Waals surface area contributed by atoms with Crippen LogP contribution >= 0.6 is 11.3 Å². The predicted octanol–water partition coefficient (Wildman–Crippen LogP) is 3.37. The maximum atomic E-state index is 11.8. The van der Waals surface area contributed by atoms with Crippen molar-refractivity contribution in [2.45, 2.75) is 19.4 Å². The maximum Gasteiger partial charge on any atom is 0.437 e. The number of aromatic nitrogens is 2. The first-order chi connectivity index (χ1) is 9.74. The zero-order valence-electron chi connectivity index (χ0n) is 11.0. The Kier molecular flexibility index (Phi) is 3.52. The van der Waals surface area contributed by atoms with Crippen LogP contribution in [-0.4, -0.2) is 9.78 Å². The van der Waals surface area contributed by atoms with Gasteiger partial charge in [-0.1, -0.05) is 43.3 Å². The second kappa shape index (κ2) is 5.46. The molecular formula is C15H14N2O2S. The molecule has 3 aromatic rings. The van der Waals surface area contributed by atoms with E-state index in [-0.39, 0.29) is 5.92 Å². The maximum absolute atomic E-state index is 11.8. The lowest BCUT2D eigenvalue weighted by atomic mass is 10.0. The Balaban J connectivity index is 1.83. The van der Waals surface area contributed by atoms with Gasteiger partial charge in [-0.3, -0.25) is 0 Å². The van der Waals surface area contributed by atoms with E-state index in [1.165, 1.54) is 21.6 Å². The zero-order chi connectivity index (χ0) is 13.9. The molecule has 0 saturated carbocycles. The topological polar surface area (TPSA) is 48.0 Å². The largest absolute Gasteiger partial charge is 0.437 e. The third-order valence-electron chi connectivity index (χ3n) is 3.15. The molecule has 102 valence electrons. The van der Waals surface area contributed by atoms with Crippen LogP contribution in [0.2, 0.25) is 0 Å². The van der Waals surface area contributed by atoms with Crippen molar-refractivity contribution in [2.24, 2.45) is 0 Å². The molecule has 0 aliphatic heterocycles. The summed E-state index contributed by atoms with van der Waals surface area (Å²) in [4.78, 5) is 12.7. The number of thiophene rings is 1. The fourth-order valence-corrected chi connectivity index (χ4v) is 2.71. The van der Waals surface area contributed by atoms with E-state index in [2.05, 4.69) is 24.2 Å².